The van der Waals surface area contributed by atoms with E-state index >= 15 is 0 Å². The number of phenols is 1. The molecular formula is C13H18O6. The minimum Gasteiger partial charge on any atom is -0.508 e. The Kier molecular flexibility index (Phi) is 4.38. The molecule has 1 saturated heterocycles. The lowest BCUT2D eigenvalue weighted by atomic mass is 9.92. The van der Waals surface area contributed by atoms with Gasteiger partial charge in [-0.1, -0.05) is 12.1 Å². The van der Waals surface area contributed by atoms with Crippen molar-refractivity contribution in [2.75, 3.05) is 6.61 Å². The van der Waals surface area contributed by atoms with E-state index in [4.69, 9.17) is 9.84 Å². The van der Waals surface area contributed by atoms with Crippen LogP contribution in [0.15, 0.2) is 24.3 Å². The first kappa shape index (κ1) is 14.2. The molecule has 1 aliphatic heterocycles. The summed E-state index contributed by atoms with van der Waals surface area (Å²) in [6, 6.07) is 6.38. The summed E-state index contributed by atoms with van der Waals surface area (Å²) in [7, 11) is 0. The number of aliphatic hydroxyl groups excluding tert-OH is 4. The van der Waals surface area contributed by atoms with Crippen molar-refractivity contribution in [1.29, 1.82) is 0 Å². The van der Waals surface area contributed by atoms with Gasteiger partial charge in [-0.2, -0.15) is 0 Å². The van der Waals surface area contributed by atoms with Crippen LogP contribution < -0.4 is 0 Å². The molecule has 0 radical (unpaired) electrons. The van der Waals surface area contributed by atoms with Crippen LogP contribution >= 0.6 is 0 Å². The Labute approximate surface area is 110 Å². The number of aliphatic hydroxyl groups is 4. The molecule has 106 valence electrons. The number of ether oxygens (including phenoxy) is 1. The average Bonchev–Trinajstić information content (AvgIpc) is 2.42. The smallest absolute Gasteiger partial charge is 0.115 e. The molecule has 0 aliphatic carbocycles. The van der Waals surface area contributed by atoms with E-state index in [0.717, 1.165) is 5.56 Å². The van der Waals surface area contributed by atoms with Gasteiger partial charge in [-0.15, -0.1) is 0 Å². The van der Waals surface area contributed by atoms with Crippen molar-refractivity contribution >= 4 is 0 Å². The lowest BCUT2D eigenvalue weighted by molar-refractivity contribution is -0.228. The standard InChI is InChI=1S/C13H18O6/c14-6-10-12(17)13(18)11(16)9(19-10)5-7-1-3-8(15)4-2-7/h1-4,9-18H,5-6H2/t9-,10+,11-,12+,13+/m0/s1. The summed E-state index contributed by atoms with van der Waals surface area (Å²) < 4.78 is 5.39. The highest BCUT2D eigenvalue weighted by Gasteiger charge is 2.43. The van der Waals surface area contributed by atoms with E-state index in [0.29, 0.717) is 6.42 Å². The van der Waals surface area contributed by atoms with Gasteiger partial charge in [0.1, 0.15) is 30.2 Å². The van der Waals surface area contributed by atoms with Crippen LogP contribution in [0.2, 0.25) is 0 Å². The van der Waals surface area contributed by atoms with Crippen LogP contribution in [0.25, 0.3) is 0 Å². The third-order valence-corrected chi connectivity index (χ3v) is 3.36. The molecule has 2 rings (SSSR count). The van der Waals surface area contributed by atoms with Gasteiger partial charge >= 0.3 is 0 Å². The Morgan fingerprint density at radius 3 is 2.05 bits per heavy atom. The van der Waals surface area contributed by atoms with Crippen LogP contribution in [0.3, 0.4) is 0 Å². The van der Waals surface area contributed by atoms with Gasteiger partial charge in [0, 0.05) is 6.42 Å². The molecule has 6 heteroatoms. The highest BCUT2D eigenvalue weighted by molar-refractivity contribution is 5.26. The van der Waals surface area contributed by atoms with Crippen molar-refractivity contribution in [2.24, 2.45) is 0 Å². The van der Waals surface area contributed by atoms with Crippen LogP contribution in [-0.4, -0.2) is 62.7 Å². The lowest BCUT2D eigenvalue weighted by Crippen LogP contribution is -2.58. The summed E-state index contributed by atoms with van der Waals surface area (Å²) in [6.07, 6.45) is -5.22. The van der Waals surface area contributed by atoms with E-state index in [1.54, 1.807) is 12.1 Å². The second-order valence-electron chi connectivity index (χ2n) is 4.74. The zero-order valence-corrected chi connectivity index (χ0v) is 10.3. The Morgan fingerprint density at radius 2 is 1.47 bits per heavy atom. The van der Waals surface area contributed by atoms with Crippen molar-refractivity contribution in [1.82, 2.24) is 0 Å². The molecule has 0 spiro atoms. The maximum absolute atomic E-state index is 9.87. The van der Waals surface area contributed by atoms with Crippen LogP contribution in [0.5, 0.6) is 5.75 Å². The van der Waals surface area contributed by atoms with Gasteiger partial charge in [0.25, 0.3) is 0 Å². The van der Waals surface area contributed by atoms with Crippen molar-refractivity contribution in [2.45, 2.75) is 36.9 Å². The zero-order chi connectivity index (χ0) is 14.0. The fourth-order valence-corrected chi connectivity index (χ4v) is 2.21. The maximum Gasteiger partial charge on any atom is 0.115 e. The second kappa shape index (κ2) is 5.85. The van der Waals surface area contributed by atoms with E-state index in [-0.39, 0.29) is 5.75 Å². The zero-order valence-electron chi connectivity index (χ0n) is 10.3. The summed E-state index contributed by atoms with van der Waals surface area (Å²) in [5, 5.41) is 47.4. The van der Waals surface area contributed by atoms with Gasteiger partial charge in [0.15, 0.2) is 0 Å². The molecule has 1 aliphatic rings. The monoisotopic (exact) mass is 270 g/mol. The average molecular weight is 270 g/mol. The first-order valence-electron chi connectivity index (χ1n) is 6.11. The topological polar surface area (TPSA) is 110 Å². The molecule has 1 aromatic carbocycles. The van der Waals surface area contributed by atoms with Gasteiger partial charge in [0.05, 0.1) is 12.7 Å². The normalized spacial score (nSPS) is 35.3. The predicted octanol–water partition coefficient (Wildman–Crippen LogP) is -1.22. The molecule has 0 saturated carbocycles. The number of aromatic hydroxyl groups is 1. The summed E-state index contributed by atoms with van der Waals surface area (Å²) in [5.74, 6) is 0.137. The first-order valence-corrected chi connectivity index (χ1v) is 6.11. The van der Waals surface area contributed by atoms with E-state index in [9.17, 15) is 20.4 Å². The largest absolute Gasteiger partial charge is 0.508 e. The van der Waals surface area contributed by atoms with Crippen LogP contribution in [0.1, 0.15) is 5.56 Å². The Morgan fingerprint density at radius 1 is 0.895 bits per heavy atom. The van der Waals surface area contributed by atoms with Gasteiger partial charge in [-0.05, 0) is 17.7 Å². The summed E-state index contributed by atoms with van der Waals surface area (Å²) in [6.45, 7) is -0.434. The number of hydrogen-bond acceptors (Lipinski definition) is 6. The SMILES string of the molecule is OC[C@H]1O[C@@H](Cc2ccc(O)cc2)[C@H](O)[C@@H](O)[C@@H]1O. The Balaban J connectivity index is 2.08. The number of phenolic OH excluding ortho intramolecular Hbond substituents is 1. The van der Waals surface area contributed by atoms with Crippen molar-refractivity contribution in [3.63, 3.8) is 0 Å². The third-order valence-electron chi connectivity index (χ3n) is 3.36. The van der Waals surface area contributed by atoms with E-state index in [1.807, 2.05) is 0 Å². The minimum absolute atomic E-state index is 0.137. The molecule has 0 amide bonds. The molecule has 1 fully saturated rings. The third kappa shape index (κ3) is 3.05. The van der Waals surface area contributed by atoms with E-state index in [1.165, 1.54) is 12.1 Å². The fraction of sp³-hybridized carbons (Fsp3) is 0.538. The van der Waals surface area contributed by atoms with E-state index < -0.39 is 37.1 Å². The van der Waals surface area contributed by atoms with Gasteiger partial charge in [-0.3, -0.25) is 0 Å². The maximum atomic E-state index is 9.87. The summed E-state index contributed by atoms with van der Waals surface area (Å²) in [4.78, 5) is 0. The molecule has 1 heterocycles. The summed E-state index contributed by atoms with van der Waals surface area (Å²) >= 11 is 0. The van der Waals surface area contributed by atoms with Crippen LogP contribution in [0, 0.1) is 0 Å². The van der Waals surface area contributed by atoms with Gasteiger partial charge in [0.2, 0.25) is 0 Å². The van der Waals surface area contributed by atoms with Crippen molar-refractivity contribution in [3.8, 4) is 5.75 Å². The summed E-state index contributed by atoms with van der Waals surface area (Å²) in [5.41, 5.74) is 0.808. The predicted molar refractivity (Wildman–Crippen MR) is 65.6 cm³/mol. The lowest BCUT2D eigenvalue weighted by Gasteiger charge is -2.40. The quantitative estimate of drug-likeness (QED) is 0.471. The fourth-order valence-electron chi connectivity index (χ4n) is 2.21. The minimum atomic E-state index is -1.35. The molecule has 6 nitrogen and oxygen atoms in total. The number of hydrogen-bond donors (Lipinski definition) is 5. The number of benzene rings is 1. The molecule has 0 unspecified atom stereocenters. The molecule has 0 bridgehead atoms. The molecule has 0 aromatic heterocycles. The molecule has 19 heavy (non-hydrogen) atoms. The number of rotatable bonds is 3. The van der Waals surface area contributed by atoms with Crippen molar-refractivity contribution < 1.29 is 30.3 Å². The van der Waals surface area contributed by atoms with Crippen LogP contribution in [0.4, 0.5) is 0 Å². The van der Waals surface area contributed by atoms with Gasteiger partial charge in [-0.25, -0.2) is 0 Å². The van der Waals surface area contributed by atoms with Crippen LogP contribution in [-0.2, 0) is 11.2 Å². The highest BCUT2D eigenvalue weighted by atomic mass is 16.5. The molecule has 5 atom stereocenters. The van der Waals surface area contributed by atoms with Crippen molar-refractivity contribution in [3.05, 3.63) is 29.8 Å². The Hall–Kier alpha value is -1.18. The van der Waals surface area contributed by atoms with E-state index in [2.05, 4.69) is 0 Å². The molecule has 1 aromatic rings. The molecular weight excluding hydrogens is 252 g/mol. The highest BCUT2D eigenvalue weighted by Crippen LogP contribution is 2.24. The van der Waals surface area contributed by atoms with Gasteiger partial charge < -0.3 is 30.3 Å². The molecule has 5 N–H and O–H groups in total. The first-order chi connectivity index (χ1) is 9.02. The second-order valence-corrected chi connectivity index (χ2v) is 4.74. The Bertz CT molecular complexity index is 404.